The molecule has 0 spiro atoms. The van der Waals surface area contributed by atoms with Crippen LogP contribution in [0.1, 0.15) is 310 Å². The maximum atomic E-state index is 13.2. The first-order valence-corrected chi connectivity index (χ1v) is 27.3. The standard InChI is InChI=1S/C54H107NO5/c1-4-7-10-13-16-19-22-24-26-28-29-31-33-36-39-42-45-50(60-54(59)47-44-41-38-35-32-30-27-25-23-20-17-14-11-8-5-2)48-53(58)55-51(49-56)52(57)46-43-40-37-34-21-18-15-12-9-6-3/h50-52,56-57H,4-49H2,1-3H3,(H,55,58). The Morgan fingerprint density at radius 1 is 0.417 bits per heavy atom. The lowest BCUT2D eigenvalue weighted by Gasteiger charge is -2.24. The van der Waals surface area contributed by atoms with E-state index in [1.54, 1.807) is 0 Å². The van der Waals surface area contributed by atoms with Crippen LogP contribution in [-0.4, -0.2) is 46.9 Å². The number of aliphatic hydroxyl groups excluding tert-OH is 2. The van der Waals surface area contributed by atoms with E-state index in [0.717, 1.165) is 38.5 Å². The number of ether oxygens (including phenoxy) is 1. The van der Waals surface area contributed by atoms with Gasteiger partial charge in [-0.15, -0.1) is 0 Å². The topological polar surface area (TPSA) is 95.9 Å². The molecule has 6 nitrogen and oxygen atoms in total. The van der Waals surface area contributed by atoms with E-state index in [1.807, 2.05) is 0 Å². The Balaban J connectivity index is 4.50. The number of amides is 1. The maximum Gasteiger partial charge on any atom is 0.306 e. The van der Waals surface area contributed by atoms with Crippen molar-refractivity contribution >= 4 is 11.9 Å². The summed E-state index contributed by atoms with van der Waals surface area (Å²) in [7, 11) is 0. The lowest BCUT2D eigenvalue weighted by molar-refractivity contribution is -0.151. The summed E-state index contributed by atoms with van der Waals surface area (Å²) in [6.07, 6.45) is 53.1. The molecular formula is C54H107NO5. The van der Waals surface area contributed by atoms with E-state index < -0.39 is 18.2 Å². The third kappa shape index (κ3) is 43.5. The van der Waals surface area contributed by atoms with Crippen LogP contribution in [-0.2, 0) is 14.3 Å². The molecule has 3 atom stereocenters. The highest BCUT2D eigenvalue weighted by molar-refractivity contribution is 5.77. The molecule has 3 N–H and O–H groups in total. The zero-order chi connectivity index (χ0) is 43.8. The zero-order valence-corrected chi connectivity index (χ0v) is 40.9. The van der Waals surface area contributed by atoms with Gasteiger partial charge in [-0.05, 0) is 25.7 Å². The maximum absolute atomic E-state index is 13.2. The van der Waals surface area contributed by atoms with Gasteiger partial charge in [0.1, 0.15) is 6.10 Å². The van der Waals surface area contributed by atoms with Crippen LogP contribution in [0.15, 0.2) is 0 Å². The summed E-state index contributed by atoms with van der Waals surface area (Å²) < 4.78 is 5.95. The van der Waals surface area contributed by atoms with Gasteiger partial charge in [-0.2, -0.15) is 0 Å². The van der Waals surface area contributed by atoms with E-state index in [4.69, 9.17) is 4.74 Å². The number of esters is 1. The van der Waals surface area contributed by atoms with Gasteiger partial charge in [0, 0.05) is 6.42 Å². The van der Waals surface area contributed by atoms with Gasteiger partial charge in [0.05, 0.1) is 25.2 Å². The van der Waals surface area contributed by atoms with Crippen molar-refractivity contribution in [2.45, 2.75) is 328 Å². The van der Waals surface area contributed by atoms with E-state index in [9.17, 15) is 19.8 Å². The van der Waals surface area contributed by atoms with E-state index in [0.29, 0.717) is 19.3 Å². The summed E-state index contributed by atoms with van der Waals surface area (Å²) in [4.78, 5) is 26.2. The molecule has 0 heterocycles. The molecule has 0 saturated heterocycles. The van der Waals surface area contributed by atoms with E-state index in [-0.39, 0.29) is 24.9 Å². The number of hydrogen-bond donors (Lipinski definition) is 3. The Kier molecular flexibility index (Phi) is 48.0. The molecule has 0 radical (unpaired) electrons. The van der Waals surface area contributed by atoms with Crippen LogP contribution in [0.2, 0.25) is 0 Å². The van der Waals surface area contributed by atoms with Crippen LogP contribution in [0, 0.1) is 0 Å². The van der Waals surface area contributed by atoms with E-state index >= 15 is 0 Å². The van der Waals surface area contributed by atoms with Gasteiger partial charge in [-0.3, -0.25) is 9.59 Å². The Morgan fingerprint density at radius 2 is 0.700 bits per heavy atom. The fraction of sp³-hybridized carbons (Fsp3) is 0.963. The van der Waals surface area contributed by atoms with Gasteiger partial charge >= 0.3 is 5.97 Å². The molecule has 0 fully saturated rings. The fourth-order valence-corrected chi connectivity index (χ4v) is 8.79. The monoisotopic (exact) mass is 850 g/mol. The second-order valence-electron chi connectivity index (χ2n) is 19.0. The van der Waals surface area contributed by atoms with Gasteiger partial charge in [0.25, 0.3) is 0 Å². The molecule has 6 heteroatoms. The van der Waals surface area contributed by atoms with Crippen LogP contribution in [0.3, 0.4) is 0 Å². The second-order valence-corrected chi connectivity index (χ2v) is 19.0. The summed E-state index contributed by atoms with van der Waals surface area (Å²) in [5, 5.41) is 23.8. The molecule has 0 aliphatic carbocycles. The number of rotatable bonds is 50. The number of nitrogens with one attached hydrogen (secondary N) is 1. The van der Waals surface area contributed by atoms with Gasteiger partial charge in [-0.1, -0.05) is 271 Å². The average molecular weight is 850 g/mol. The fourth-order valence-electron chi connectivity index (χ4n) is 8.79. The summed E-state index contributed by atoms with van der Waals surface area (Å²) in [5.74, 6) is -0.448. The molecule has 0 aromatic heterocycles. The van der Waals surface area contributed by atoms with Crippen molar-refractivity contribution < 1.29 is 24.5 Å². The molecular weight excluding hydrogens is 743 g/mol. The zero-order valence-electron chi connectivity index (χ0n) is 40.9. The number of aliphatic hydroxyl groups is 2. The Labute approximate surface area is 375 Å². The van der Waals surface area contributed by atoms with Gasteiger partial charge < -0.3 is 20.3 Å². The minimum absolute atomic E-state index is 0.0881. The van der Waals surface area contributed by atoms with Crippen molar-refractivity contribution in [3.63, 3.8) is 0 Å². The molecule has 1 amide bonds. The first kappa shape index (κ1) is 58.9. The number of unbranched alkanes of at least 4 members (excludes halogenated alkanes) is 38. The smallest absolute Gasteiger partial charge is 0.306 e. The first-order chi connectivity index (χ1) is 29.5. The predicted molar refractivity (Wildman–Crippen MR) is 260 cm³/mol. The Morgan fingerprint density at radius 3 is 1.02 bits per heavy atom. The van der Waals surface area contributed by atoms with Crippen molar-refractivity contribution in [3.05, 3.63) is 0 Å². The average Bonchev–Trinajstić information content (AvgIpc) is 3.24. The van der Waals surface area contributed by atoms with Gasteiger partial charge in [0.15, 0.2) is 0 Å². The van der Waals surface area contributed by atoms with Gasteiger partial charge in [0.2, 0.25) is 5.91 Å². The van der Waals surface area contributed by atoms with Crippen molar-refractivity contribution in [2.24, 2.45) is 0 Å². The van der Waals surface area contributed by atoms with Crippen molar-refractivity contribution in [3.8, 4) is 0 Å². The molecule has 0 bridgehead atoms. The van der Waals surface area contributed by atoms with Crippen molar-refractivity contribution in [1.29, 1.82) is 0 Å². The number of hydrogen-bond acceptors (Lipinski definition) is 5. The lowest BCUT2D eigenvalue weighted by atomic mass is 10.0. The first-order valence-electron chi connectivity index (χ1n) is 27.3. The molecule has 0 aromatic carbocycles. The van der Waals surface area contributed by atoms with Crippen molar-refractivity contribution in [1.82, 2.24) is 5.32 Å². The quantitative estimate of drug-likeness (QED) is 0.0419. The molecule has 0 aromatic rings. The molecule has 0 rings (SSSR count). The molecule has 358 valence electrons. The molecule has 0 aliphatic rings. The minimum atomic E-state index is -0.778. The highest BCUT2D eigenvalue weighted by Gasteiger charge is 2.24. The third-order valence-electron chi connectivity index (χ3n) is 12.9. The van der Waals surface area contributed by atoms with Gasteiger partial charge in [-0.25, -0.2) is 0 Å². The molecule has 0 saturated carbocycles. The normalized spacial score (nSPS) is 13.1. The number of carbonyl (C=O) groups is 2. The minimum Gasteiger partial charge on any atom is -0.462 e. The lowest BCUT2D eigenvalue weighted by Crippen LogP contribution is -2.46. The molecule has 60 heavy (non-hydrogen) atoms. The second kappa shape index (κ2) is 48.9. The largest absolute Gasteiger partial charge is 0.462 e. The Bertz CT molecular complexity index is 867. The van der Waals surface area contributed by atoms with Crippen LogP contribution in [0.5, 0.6) is 0 Å². The SMILES string of the molecule is CCCCCCCCCCCCCCCCCCC(CC(=O)NC(CO)C(O)CCCCCCCCCCCC)OC(=O)CCCCCCCCCCCCCCCCC. The van der Waals surface area contributed by atoms with Crippen LogP contribution >= 0.6 is 0 Å². The van der Waals surface area contributed by atoms with Crippen molar-refractivity contribution in [2.75, 3.05) is 6.61 Å². The summed E-state index contributed by atoms with van der Waals surface area (Å²) in [5.41, 5.74) is 0. The Hall–Kier alpha value is -1.14. The highest BCUT2D eigenvalue weighted by atomic mass is 16.5. The predicted octanol–water partition coefficient (Wildman–Crippen LogP) is 16.4. The van der Waals surface area contributed by atoms with Crippen LogP contribution < -0.4 is 5.32 Å². The molecule has 3 unspecified atom stereocenters. The number of carbonyl (C=O) groups excluding carboxylic acids is 2. The van der Waals surface area contributed by atoms with Crippen LogP contribution in [0.25, 0.3) is 0 Å². The van der Waals surface area contributed by atoms with E-state index in [2.05, 4.69) is 26.1 Å². The van der Waals surface area contributed by atoms with Crippen LogP contribution in [0.4, 0.5) is 0 Å². The summed E-state index contributed by atoms with van der Waals surface area (Å²) >= 11 is 0. The highest BCUT2D eigenvalue weighted by Crippen LogP contribution is 2.19. The third-order valence-corrected chi connectivity index (χ3v) is 12.9. The molecule has 0 aliphatic heterocycles. The summed E-state index contributed by atoms with van der Waals surface area (Å²) in [6.45, 7) is 6.51. The summed E-state index contributed by atoms with van der Waals surface area (Å²) in [6, 6.07) is -0.691. The van der Waals surface area contributed by atoms with E-state index in [1.165, 1.54) is 225 Å².